The summed E-state index contributed by atoms with van der Waals surface area (Å²) in [7, 11) is 0. The van der Waals surface area contributed by atoms with Crippen molar-refractivity contribution in [2.75, 3.05) is 25.1 Å². The molecule has 0 bridgehead atoms. The molecular weight excluding hydrogens is 318 g/mol. The van der Waals surface area contributed by atoms with Gasteiger partial charge in [-0.15, -0.1) is 0 Å². The molecule has 25 heavy (non-hydrogen) atoms. The quantitative estimate of drug-likeness (QED) is 0.683. The summed E-state index contributed by atoms with van der Waals surface area (Å²) in [5.41, 5.74) is 2.73. The maximum Gasteiger partial charge on any atom is 0.319 e. The van der Waals surface area contributed by atoms with Crippen molar-refractivity contribution in [1.82, 2.24) is 10.3 Å². The topological polar surface area (TPSA) is 72.5 Å². The first-order valence-electron chi connectivity index (χ1n) is 8.41. The Bertz CT molecular complexity index is 649. The van der Waals surface area contributed by atoms with Gasteiger partial charge in [-0.05, 0) is 49.2 Å². The lowest BCUT2D eigenvalue weighted by molar-refractivity contribution is 0.0453. The van der Waals surface area contributed by atoms with Crippen LogP contribution < -0.4 is 10.6 Å². The van der Waals surface area contributed by atoms with E-state index in [0.717, 1.165) is 16.8 Å². The summed E-state index contributed by atoms with van der Waals surface area (Å²) in [6.07, 6.45) is 3.42. The lowest BCUT2D eigenvalue weighted by Gasteiger charge is -2.15. The highest BCUT2D eigenvalue weighted by Crippen LogP contribution is 2.13. The molecule has 134 valence electrons. The van der Waals surface area contributed by atoms with E-state index in [1.807, 2.05) is 50.2 Å². The number of benzene rings is 1. The van der Waals surface area contributed by atoms with Crippen LogP contribution in [0.4, 0.5) is 10.5 Å². The second-order valence-electron chi connectivity index (χ2n) is 5.55. The fourth-order valence-corrected chi connectivity index (χ4v) is 2.29. The van der Waals surface area contributed by atoms with E-state index in [1.54, 1.807) is 12.4 Å². The summed E-state index contributed by atoms with van der Waals surface area (Å²) < 4.78 is 10.8. The first-order valence-corrected chi connectivity index (χ1v) is 8.41. The van der Waals surface area contributed by atoms with Crippen LogP contribution in [0.3, 0.4) is 0 Å². The number of rotatable bonds is 9. The van der Waals surface area contributed by atoms with Gasteiger partial charge in [0.15, 0.2) is 0 Å². The number of aromatic nitrogens is 1. The highest BCUT2D eigenvalue weighted by molar-refractivity contribution is 5.89. The number of hydrogen-bond donors (Lipinski definition) is 2. The van der Waals surface area contributed by atoms with Gasteiger partial charge in [0.2, 0.25) is 0 Å². The lowest BCUT2D eigenvalue weighted by atomic mass is 10.1. The molecule has 1 heterocycles. The van der Waals surface area contributed by atoms with E-state index in [1.165, 1.54) is 0 Å². The molecule has 1 aromatic heterocycles. The summed E-state index contributed by atoms with van der Waals surface area (Å²) in [6, 6.07) is 11.0. The molecule has 6 heteroatoms. The van der Waals surface area contributed by atoms with Crippen LogP contribution in [-0.4, -0.2) is 30.8 Å². The van der Waals surface area contributed by atoms with Gasteiger partial charge in [-0.25, -0.2) is 4.79 Å². The average molecular weight is 343 g/mol. The maximum absolute atomic E-state index is 12.2. The Morgan fingerprint density at radius 3 is 2.68 bits per heavy atom. The summed E-state index contributed by atoms with van der Waals surface area (Å²) in [4.78, 5) is 16.1. The van der Waals surface area contributed by atoms with Crippen molar-refractivity contribution in [1.29, 1.82) is 0 Å². The largest absolute Gasteiger partial charge is 0.379 e. The van der Waals surface area contributed by atoms with Crippen LogP contribution in [0.5, 0.6) is 0 Å². The number of nitrogens with one attached hydrogen (secondary N) is 2. The van der Waals surface area contributed by atoms with Crippen LogP contribution in [0.1, 0.15) is 31.0 Å². The van der Waals surface area contributed by atoms with E-state index in [0.29, 0.717) is 26.4 Å². The number of urea groups is 1. The Morgan fingerprint density at radius 1 is 1.16 bits per heavy atom. The zero-order valence-corrected chi connectivity index (χ0v) is 14.7. The molecule has 0 aliphatic carbocycles. The molecule has 2 amide bonds. The van der Waals surface area contributed by atoms with E-state index in [9.17, 15) is 4.79 Å². The molecule has 2 rings (SSSR count). The molecule has 0 saturated heterocycles. The number of carbonyl (C=O) groups is 1. The highest BCUT2D eigenvalue weighted by Gasteiger charge is 2.09. The van der Waals surface area contributed by atoms with Gasteiger partial charge >= 0.3 is 6.03 Å². The molecular formula is C19H25N3O3. The van der Waals surface area contributed by atoms with Crippen molar-refractivity contribution in [2.24, 2.45) is 0 Å². The van der Waals surface area contributed by atoms with E-state index < -0.39 is 0 Å². The summed E-state index contributed by atoms with van der Waals surface area (Å²) >= 11 is 0. The van der Waals surface area contributed by atoms with Crippen molar-refractivity contribution >= 4 is 11.7 Å². The van der Waals surface area contributed by atoms with Crippen LogP contribution in [0.25, 0.3) is 0 Å². The van der Waals surface area contributed by atoms with Gasteiger partial charge in [0.25, 0.3) is 0 Å². The van der Waals surface area contributed by atoms with Crippen LogP contribution in [0.15, 0.2) is 48.8 Å². The van der Waals surface area contributed by atoms with Gasteiger partial charge in [0.05, 0.1) is 25.9 Å². The Morgan fingerprint density at radius 2 is 1.92 bits per heavy atom. The number of carbonyl (C=O) groups excluding carboxylic acids is 1. The van der Waals surface area contributed by atoms with Crippen LogP contribution in [0.2, 0.25) is 0 Å². The molecule has 1 unspecified atom stereocenters. The Balaban J connectivity index is 1.81. The molecule has 0 aliphatic heterocycles. The molecule has 0 aliphatic rings. The number of anilines is 1. The molecule has 6 nitrogen and oxygen atoms in total. The van der Waals surface area contributed by atoms with Crippen molar-refractivity contribution in [3.8, 4) is 0 Å². The van der Waals surface area contributed by atoms with Crippen molar-refractivity contribution in [2.45, 2.75) is 26.5 Å². The third-order valence-corrected chi connectivity index (χ3v) is 3.58. The van der Waals surface area contributed by atoms with Crippen molar-refractivity contribution in [3.63, 3.8) is 0 Å². The molecule has 2 N–H and O–H groups in total. The minimum absolute atomic E-state index is 0.104. The van der Waals surface area contributed by atoms with Gasteiger partial charge in [-0.3, -0.25) is 4.98 Å². The van der Waals surface area contributed by atoms with Gasteiger partial charge in [-0.1, -0.05) is 12.1 Å². The first-order chi connectivity index (χ1) is 12.2. The molecule has 1 aromatic carbocycles. The second kappa shape index (κ2) is 10.4. The predicted molar refractivity (Wildman–Crippen MR) is 97.4 cm³/mol. The third kappa shape index (κ3) is 6.91. The van der Waals surface area contributed by atoms with Crippen LogP contribution in [-0.2, 0) is 16.1 Å². The fourth-order valence-electron chi connectivity index (χ4n) is 2.29. The van der Waals surface area contributed by atoms with E-state index >= 15 is 0 Å². The minimum Gasteiger partial charge on any atom is -0.379 e. The zero-order valence-electron chi connectivity index (χ0n) is 14.7. The number of hydrogen-bond acceptors (Lipinski definition) is 4. The molecule has 2 aromatic rings. The zero-order chi connectivity index (χ0) is 17.9. The summed E-state index contributed by atoms with van der Waals surface area (Å²) in [5, 5.41) is 5.75. The summed E-state index contributed by atoms with van der Waals surface area (Å²) in [6.45, 7) is 6.19. The Kier molecular flexibility index (Phi) is 7.88. The third-order valence-electron chi connectivity index (χ3n) is 3.58. The molecule has 0 spiro atoms. The summed E-state index contributed by atoms with van der Waals surface area (Å²) in [5.74, 6) is 0. The maximum atomic E-state index is 12.2. The fraction of sp³-hybridized carbons (Fsp3) is 0.368. The lowest BCUT2D eigenvalue weighted by Crippen LogP contribution is -2.31. The van der Waals surface area contributed by atoms with E-state index in [-0.39, 0.29) is 12.1 Å². The smallest absolute Gasteiger partial charge is 0.319 e. The van der Waals surface area contributed by atoms with E-state index in [4.69, 9.17) is 9.47 Å². The second-order valence-corrected chi connectivity index (χ2v) is 5.55. The molecule has 0 fully saturated rings. The Hall–Kier alpha value is -2.44. The number of ether oxygens (including phenoxy) is 2. The molecule has 1 atom stereocenters. The normalized spacial score (nSPS) is 11.8. The van der Waals surface area contributed by atoms with Gasteiger partial charge in [0.1, 0.15) is 0 Å². The average Bonchev–Trinajstić information content (AvgIpc) is 2.62. The monoisotopic (exact) mass is 343 g/mol. The van der Waals surface area contributed by atoms with E-state index in [2.05, 4.69) is 15.6 Å². The van der Waals surface area contributed by atoms with Crippen LogP contribution >= 0.6 is 0 Å². The van der Waals surface area contributed by atoms with Crippen molar-refractivity contribution < 1.29 is 14.3 Å². The van der Waals surface area contributed by atoms with Crippen LogP contribution in [0, 0.1) is 0 Å². The predicted octanol–water partition coefficient (Wildman–Crippen LogP) is 3.52. The number of amides is 2. The highest BCUT2D eigenvalue weighted by atomic mass is 16.5. The molecule has 0 saturated carbocycles. The Labute approximate surface area is 148 Å². The first kappa shape index (κ1) is 18.9. The van der Waals surface area contributed by atoms with Gasteiger partial charge in [0, 0.05) is 24.7 Å². The standard InChI is InChI=1S/C19H25N3O3/c1-3-24-11-12-25-14-16-5-4-6-18(13-16)22-19(23)21-15(2)17-7-9-20-10-8-17/h4-10,13,15H,3,11-12,14H2,1-2H3,(H2,21,22,23). The SMILES string of the molecule is CCOCCOCc1cccc(NC(=O)NC(C)c2ccncc2)c1. The number of pyridine rings is 1. The van der Waals surface area contributed by atoms with Gasteiger partial charge in [-0.2, -0.15) is 0 Å². The minimum atomic E-state index is -0.251. The molecule has 0 radical (unpaired) electrons. The number of nitrogens with zero attached hydrogens (tertiary/aromatic N) is 1. The van der Waals surface area contributed by atoms with Gasteiger partial charge < -0.3 is 20.1 Å². The van der Waals surface area contributed by atoms with Crippen molar-refractivity contribution in [3.05, 3.63) is 59.9 Å².